The van der Waals surface area contributed by atoms with E-state index in [4.69, 9.17) is 18.5 Å². The van der Waals surface area contributed by atoms with Gasteiger partial charge >= 0.3 is 11.9 Å². The lowest BCUT2D eigenvalue weighted by Crippen LogP contribution is -2.37. The van der Waals surface area contributed by atoms with Crippen LogP contribution in [0.25, 0.3) is 0 Å². The molecule has 2 unspecified atom stereocenters. The standard InChI is InChI=1S/C74H116NO8P/c1-6-8-10-12-14-16-18-20-22-24-26-28-30-31-32-33-34-35-36-37-38-39-40-41-42-43-45-47-49-51-53-55-57-59-61-63-65-67-74(77)83-72(71-82-84(78,79)81-69-68-75(3,4)5)70-80-73(76)66-64-62-60-58-56-54-52-50-48-46-44-29-27-25-23-21-19-17-15-13-11-9-7-2/h8-11,14-17,20-23,26-29,31-32,34-35,37-38,40-41,43,45-46,48-49,51,55,57,72H,6-7,12-13,18-19,24-25,30,33,36,39,42,44,47,50,52-54,56,58-71H2,1-5H3/b10-8-,11-9-,16-14-,17-15-,22-20-,23-21-,28-26-,29-27-,32-31-,35-34-,38-37-,41-40-,45-43-,48-46-,51-49-,57-55-. The van der Waals surface area contributed by atoms with E-state index in [9.17, 15) is 19.0 Å². The Labute approximate surface area is 513 Å². The van der Waals surface area contributed by atoms with E-state index in [0.29, 0.717) is 23.9 Å². The van der Waals surface area contributed by atoms with Crippen molar-refractivity contribution in [2.24, 2.45) is 0 Å². The quantitative estimate of drug-likeness (QED) is 0.0195. The number of rotatable bonds is 56. The monoisotopic (exact) mass is 1180 g/mol. The summed E-state index contributed by atoms with van der Waals surface area (Å²) in [5.41, 5.74) is 0. The van der Waals surface area contributed by atoms with Crippen molar-refractivity contribution >= 4 is 19.8 Å². The minimum absolute atomic E-state index is 0.0515. The third-order valence-electron chi connectivity index (χ3n) is 12.6. The Balaban J connectivity index is 4.28. The molecule has 0 radical (unpaired) electrons. The highest BCUT2D eigenvalue weighted by Gasteiger charge is 2.21. The molecule has 0 saturated carbocycles. The van der Waals surface area contributed by atoms with Crippen molar-refractivity contribution in [2.45, 2.75) is 213 Å². The van der Waals surface area contributed by atoms with Crippen LogP contribution in [0.2, 0.25) is 0 Å². The number of carbonyl (C=O) groups excluding carboxylic acids is 2. The summed E-state index contributed by atoms with van der Waals surface area (Å²) in [5.74, 6) is -0.902. The molecule has 0 amide bonds. The first kappa shape index (κ1) is 78.8. The van der Waals surface area contributed by atoms with Gasteiger partial charge in [0.1, 0.15) is 19.8 Å². The zero-order chi connectivity index (χ0) is 61.2. The minimum Gasteiger partial charge on any atom is -0.756 e. The highest BCUT2D eigenvalue weighted by molar-refractivity contribution is 7.45. The zero-order valence-corrected chi connectivity index (χ0v) is 54.1. The van der Waals surface area contributed by atoms with Crippen LogP contribution in [0, 0.1) is 0 Å². The van der Waals surface area contributed by atoms with E-state index in [1.807, 2.05) is 21.1 Å². The first-order valence-corrected chi connectivity index (χ1v) is 33.6. The van der Waals surface area contributed by atoms with Crippen molar-refractivity contribution in [1.82, 2.24) is 0 Å². The second-order valence-electron chi connectivity index (χ2n) is 21.7. The van der Waals surface area contributed by atoms with E-state index in [-0.39, 0.29) is 26.1 Å². The van der Waals surface area contributed by atoms with Crippen molar-refractivity contribution in [2.75, 3.05) is 47.5 Å². The molecule has 0 saturated heterocycles. The lowest BCUT2D eigenvalue weighted by atomic mass is 10.1. The average molecular weight is 1180 g/mol. The molecule has 0 rings (SSSR count). The maximum Gasteiger partial charge on any atom is 0.306 e. The largest absolute Gasteiger partial charge is 0.756 e. The highest BCUT2D eigenvalue weighted by Crippen LogP contribution is 2.38. The van der Waals surface area contributed by atoms with Gasteiger partial charge in [-0.1, -0.05) is 247 Å². The van der Waals surface area contributed by atoms with Gasteiger partial charge in [0.05, 0.1) is 27.7 Å². The number of carbonyl (C=O) groups is 2. The molecular formula is C74H116NO8P. The van der Waals surface area contributed by atoms with E-state index >= 15 is 0 Å². The van der Waals surface area contributed by atoms with Gasteiger partial charge < -0.3 is 27.9 Å². The summed E-state index contributed by atoms with van der Waals surface area (Å²) in [6.45, 7) is 3.92. The number of phosphoric acid groups is 1. The van der Waals surface area contributed by atoms with Crippen molar-refractivity contribution < 1.29 is 42.1 Å². The molecule has 0 fully saturated rings. The summed E-state index contributed by atoms with van der Waals surface area (Å²) in [6.07, 6.45) is 97.7. The van der Waals surface area contributed by atoms with Gasteiger partial charge in [0, 0.05) is 12.8 Å². The van der Waals surface area contributed by atoms with E-state index in [1.165, 1.54) is 19.3 Å². The fourth-order valence-electron chi connectivity index (χ4n) is 7.74. The Bertz CT molecular complexity index is 2120. The number of hydrogen-bond acceptors (Lipinski definition) is 8. The molecule has 0 heterocycles. The number of ether oxygens (including phenoxy) is 2. The average Bonchev–Trinajstić information content (AvgIpc) is 3.61. The van der Waals surface area contributed by atoms with Crippen LogP contribution >= 0.6 is 7.82 Å². The first-order valence-electron chi connectivity index (χ1n) is 32.1. The van der Waals surface area contributed by atoms with Crippen LogP contribution < -0.4 is 4.89 Å². The second kappa shape index (κ2) is 62.4. The molecule has 9 nitrogen and oxygen atoms in total. The molecule has 0 aromatic heterocycles. The molecular weight excluding hydrogens is 1060 g/mol. The van der Waals surface area contributed by atoms with Gasteiger partial charge in [0.15, 0.2) is 6.10 Å². The number of phosphoric ester groups is 1. The number of likely N-dealkylation sites (N-methyl/N-ethyl adjacent to an activating group) is 1. The lowest BCUT2D eigenvalue weighted by Gasteiger charge is -2.28. The van der Waals surface area contributed by atoms with Gasteiger partial charge in [-0.15, -0.1) is 0 Å². The summed E-state index contributed by atoms with van der Waals surface area (Å²) in [7, 11) is 1.10. The van der Waals surface area contributed by atoms with Crippen molar-refractivity contribution in [3.05, 3.63) is 194 Å². The molecule has 0 aliphatic rings. The summed E-state index contributed by atoms with van der Waals surface area (Å²) in [6, 6.07) is 0. The number of allylic oxidation sites excluding steroid dienone is 32. The molecule has 2 atom stereocenters. The molecule has 0 bridgehead atoms. The van der Waals surface area contributed by atoms with E-state index in [0.717, 1.165) is 148 Å². The molecule has 0 aliphatic carbocycles. The molecule has 0 aliphatic heterocycles. The van der Waals surface area contributed by atoms with Crippen LogP contribution in [-0.4, -0.2) is 70.0 Å². The van der Waals surface area contributed by atoms with Crippen LogP contribution in [0.4, 0.5) is 0 Å². The van der Waals surface area contributed by atoms with E-state index < -0.39 is 32.5 Å². The van der Waals surface area contributed by atoms with E-state index in [1.54, 1.807) is 0 Å². The fraction of sp³-hybridized carbons (Fsp3) is 0.541. The number of esters is 2. The van der Waals surface area contributed by atoms with Gasteiger partial charge in [-0.2, -0.15) is 0 Å². The summed E-state index contributed by atoms with van der Waals surface area (Å²) < 4.78 is 34.2. The van der Waals surface area contributed by atoms with Crippen LogP contribution in [0.3, 0.4) is 0 Å². The molecule has 0 aromatic rings. The fourth-order valence-corrected chi connectivity index (χ4v) is 8.47. The number of quaternary nitrogens is 1. The van der Waals surface area contributed by atoms with Crippen LogP contribution in [0.15, 0.2) is 194 Å². The van der Waals surface area contributed by atoms with Crippen LogP contribution in [0.1, 0.15) is 206 Å². The van der Waals surface area contributed by atoms with Gasteiger partial charge in [-0.05, 0) is 141 Å². The Morgan fingerprint density at radius 3 is 0.964 bits per heavy atom. The predicted molar refractivity (Wildman–Crippen MR) is 359 cm³/mol. The number of unbranched alkanes of at least 4 members (excludes halogenated alkanes) is 10. The molecule has 0 spiro atoms. The van der Waals surface area contributed by atoms with Crippen molar-refractivity contribution in [3.63, 3.8) is 0 Å². The topological polar surface area (TPSA) is 111 Å². The smallest absolute Gasteiger partial charge is 0.306 e. The molecule has 0 N–H and O–H groups in total. The third-order valence-corrected chi connectivity index (χ3v) is 13.6. The Kier molecular flexibility index (Phi) is 58.6. The minimum atomic E-state index is -4.67. The second-order valence-corrected chi connectivity index (χ2v) is 23.1. The predicted octanol–water partition coefficient (Wildman–Crippen LogP) is 20.3. The van der Waals surface area contributed by atoms with Crippen molar-refractivity contribution in [1.29, 1.82) is 0 Å². The molecule has 0 aromatic carbocycles. The molecule has 470 valence electrons. The number of hydrogen-bond donors (Lipinski definition) is 0. The van der Waals surface area contributed by atoms with Gasteiger partial charge in [0.25, 0.3) is 7.82 Å². The third kappa shape index (κ3) is 66.0. The van der Waals surface area contributed by atoms with Crippen LogP contribution in [-0.2, 0) is 32.7 Å². The summed E-state index contributed by atoms with van der Waals surface area (Å²) in [4.78, 5) is 38.0. The van der Waals surface area contributed by atoms with Gasteiger partial charge in [0.2, 0.25) is 0 Å². The molecule has 84 heavy (non-hydrogen) atoms. The molecule has 10 heteroatoms. The Morgan fingerprint density at radius 1 is 0.369 bits per heavy atom. The zero-order valence-electron chi connectivity index (χ0n) is 53.3. The Morgan fingerprint density at radius 2 is 0.643 bits per heavy atom. The SMILES string of the molecule is CC/C=C\C/C=C\C/C=C\C/C=C\C/C=C\C/C=C\C/C=C\C/C=C\C/C=C\C/C=C\C/C=C\CCCCCC(=O)OC(COC(=O)CCCCCCCCC/C=C\C/C=C\C/C=C\C/C=C\C/C=C\CC)COP(=O)([O-])OCC[N+](C)(C)C. The summed E-state index contributed by atoms with van der Waals surface area (Å²) >= 11 is 0. The van der Waals surface area contributed by atoms with Gasteiger partial charge in [-0.25, -0.2) is 0 Å². The lowest BCUT2D eigenvalue weighted by molar-refractivity contribution is -0.870. The Hall–Kier alpha value is -5.15. The van der Waals surface area contributed by atoms with Gasteiger partial charge in [-0.3, -0.25) is 14.2 Å². The highest BCUT2D eigenvalue weighted by atomic mass is 31.2. The normalized spacial score (nSPS) is 14.5. The van der Waals surface area contributed by atoms with Crippen LogP contribution in [0.5, 0.6) is 0 Å². The van der Waals surface area contributed by atoms with Crippen molar-refractivity contribution in [3.8, 4) is 0 Å². The van der Waals surface area contributed by atoms with E-state index in [2.05, 4.69) is 208 Å². The first-order chi connectivity index (χ1) is 41.0. The number of nitrogens with zero attached hydrogens (tertiary/aromatic N) is 1. The maximum absolute atomic E-state index is 12.8. The summed E-state index contributed by atoms with van der Waals surface area (Å²) in [5, 5.41) is 0. The maximum atomic E-state index is 12.8.